The molecule has 0 saturated heterocycles. The van der Waals surface area contributed by atoms with E-state index in [9.17, 15) is 0 Å². The second-order valence-corrected chi connectivity index (χ2v) is 6.93. The van der Waals surface area contributed by atoms with Gasteiger partial charge < -0.3 is 5.11 Å². The SMILES string of the molecule is OCCCCN(Cc1csc(-c2ccsc2)n1)C1CC1. The van der Waals surface area contributed by atoms with Crippen molar-refractivity contribution in [2.75, 3.05) is 13.2 Å². The second-order valence-electron chi connectivity index (χ2n) is 5.29. The maximum atomic E-state index is 8.90. The molecule has 2 aromatic heterocycles. The van der Waals surface area contributed by atoms with Crippen LogP contribution in [0.15, 0.2) is 22.2 Å². The molecule has 3 rings (SSSR count). The van der Waals surface area contributed by atoms with E-state index in [4.69, 9.17) is 10.1 Å². The highest BCUT2D eigenvalue weighted by atomic mass is 32.1. The molecule has 0 aliphatic heterocycles. The van der Waals surface area contributed by atoms with Crippen molar-refractivity contribution in [1.82, 2.24) is 9.88 Å². The molecular weight excluding hydrogens is 288 g/mol. The van der Waals surface area contributed by atoms with Crippen molar-refractivity contribution in [3.05, 3.63) is 27.9 Å². The highest BCUT2D eigenvalue weighted by molar-refractivity contribution is 7.14. The summed E-state index contributed by atoms with van der Waals surface area (Å²) >= 11 is 3.46. The number of nitrogens with zero attached hydrogens (tertiary/aromatic N) is 2. The third kappa shape index (κ3) is 3.67. The summed E-state index contributed by atoms with van der Waals surface area (Å²) in [5.41, 5.74) is 2.43. The highest BCUT2D eigenvalue weighted by Crippen LogP contribution is 2.30. The summed E-state index contributed by atoms with van der Waals surface area (Å²) < 4.78 is 0. The van der Waals surface area contributed by atoms with Gasteiger partial charge in [-0.05, 0) is 43.7 Å². The molecule has 0 atom stereocenters. The summed E-state index contributed by atoms with van der Waals surface area (Å²) in [5.74, 6) is 0. The van der Waals surface area contributed by atoms with Crippen LogP contribution in [0.25, 0.3) is 10.6 Å². The monoisotopic (exact) mass is 308 g/mol. The molecule has 0 amide bonds. The van der Waals surface area contributed by atoms with E-state index in [0.717, 1.165) is 37.0 Å². The van der Waals surface area contributed by atoms with E-state index in [0.29, 0.717) is 6.61 Å². The predicted octanol–water partition coefficient (Wildman–Crippen LogP) is 3.61. The van der Waals surface area contributed by atoms with Crippen molar-refractivity contribution in [3.8, 4) is 10.6 Å². The zero-order valence-electron chi connectivity index (χ0n) is 11.5. The van der Waals surface area contributed by atoms with Crippen molar-refractivity contribution < 1.29 is 5.11 Å². The summed E-state index contributed by atoms with van der Waals surface area (Å²) in [4.78, 5) is 7.29. The van der Waals surface area contributed by atoms with Crippen LogP contribution < -0.4 is 0 Å². The Balaban J connectivity index is 1.60. The van der Waals surface area contributed by atoms with Crippen LogP contribution in [0.4, 0.5) is 0 Å². The Labute approximate surface area is 127 Å². The predicted molar refractivity (Wildman–Crippen MR) is 85.2 cm³/mol. The van der Waals surface area contributed by atoms with Gasteiger partial charge in [-0.2, -0.15) is 11.3 Å². The van der Waals surface area contributed by atoms with Gasteiger partial charge in [0.25, 0.3) is 0 Å². The Bertz CT molecular complexity index is 520. The molecule has 1 fully saturated rings. The van der Waals surface area contributed by atoms with Crippen LogP contribution in [0.3, 0.4) is 0 Å². The molecule has 0 aromatic carbocycles. The molecule has 1 aliphatic rings. The Morgan fingerprint density at radius 1 is 1.30 bits per heavy atom. The fourth-order valence-electron chi connectivity index (χ4n) is 2.36. The van der Waals surface area contributed by atoms with Gasteiger partial charge in [-0.25, -0.2) is 4.98 Å². The number of hydrogen-bond acceptors (Lipinski definition) is 5. The quantitative estimate of drug-likeness (QED) is 0.757. The Hall–Kier alpha value is -0.750. The van der Waals surface area contributed by atoms with Crippen LogP contribution >= 0.6 is 22.7 Å². The lowest BCUT2D eigenvalue weighted by molar-refractivity contribution is 0.227. The normalized spacial score (nSPS) is 15.1. The number of unbranched alkanes of at least 4 members (excludes halogenated alkanes) is 1. The smallest absolute Gasteiger partial charge is 0.124 e. The van der Waals surface area contributed by atoms with Gasteiger partial charge in [0.15, 0.2) is 0 Å². The molecule has 1 saturated carbocycles. The second kappa shape index (κ2) is 6.80. The van der Waals surface area contributed by atoms with E-state index < -0.39 is 0 Å². The summed E-state index contributed by atoms with van der Waals surface area (Å²) in [6, 6.07) is 2.88. The third-order valence-corrected chi connectivity index (χ3v) is 5.23. The van der Waals surface area contributed by atoms with Crippen molar-refractivity contribution in [2.45, 2.75) is 38.3 Å². The standard InChI is InChI=1S/C15H20N2OS2/c18-7-2-1-6-17(14-3-4-14)9-13-11-20-15(16-13)12-5-8-19-10-12/h5,8,10-11,14,18H,1-4,6-7,9H2. The van der Waals surface area contributed by atoms with Crippen LogP contribution in [0.1, 0.15) is 31.4 Å². The zero-order valence-corrected chi connectivity index (χ0v) is 13.1. The lowest BCUT2D eigenvalue weighted by atomic mass is 10.3. The van der Waals surface area contributed by atoms with Crippen molar-refractivity contribution >= 4 is 22.7 Å². The summed E-state index contributed by atoms with van der Waals surface area (Å²) in [6.07, 6.45) is 4.62. The first-order chi connectivity index (χ1) is 9.86. The summed E-state index contributed by atoms with van der Waals surface area (Å²) in [6.45, 7) is 2.34. The van der Waals surface area contributed by atoms with E-state index in [-0.39, 0.29) is 0 Å². The molecule has 5 heteroatoms. The number of aliphatic hydroxyl groups excluding tert-OH is 1. The molecule has 0 unspecified atom stereocenters. The van der Waals surface area contributed by atoms with Crippen molar-refractivity contribution in [3.63, 3.8) is 0 Å². The largest absolute Gasteiger partial charge is 0.396 e. The first-order valence-corrected chi connectivity index (χ1v) is 9.01. The fraction of sp³-hybridized carbons (Fsp3) is 0.533. The van der Waals surface area contributed by atoms with Gasteiger partial charge in [0.2, 0.25) is 0 Å². The van der Waals surface area contributed by atoms with E-state index in [1.165, 1.54) is 24.1 Å². The molecule has 0 bridgehead atoms. The lowest BCUT2D eigenvalue weighted by Crippen LogP contribution is -2.27. The van der Waals surface area contributed by atoms with Crippen LogP contribution in [0.2, 0.25) is 0 Å². The molecule has 108 valence electrons. The molecule has 3 nitrogen and oxygen atoms in total. The number of rotatable bonds is 8. The van der Waals surface area contributed by atoms with Crippen LogP contribution in [0.5, 0.6) is 0 Å². The fourth-order valence-corrected chi connectivity index (χ4v) is 3.89. The molecule has 0 radical (unpaired) electrons. The number of thiazole rings is 1. The summed E-state index contributed by atoms with van der Waals surface area (Å²) in [7, 11) is 0. The minimum atomic E-state index is 0.303. The average molecular weight is 308 g/mol. The van der Waals surface area contributed by atoms with Crippen molar-refractivity contribution in [1.29, 1.82) is 0 Å². The molecule has 2 aromatic rings. The van der Waals surface area contributed by atoms with Gasteiger partial charge in [0, 0.05) is 35.5 Å². The lowest BCUT2D eigenvalue weighted by Gasteiger charge is -2.20. The Morgan fingerprint density at radius 2 is 2.20 bits per heavy atom. The zero-order chi connectivity index (χ0) is 13.8. The maximum absolute atomic E-state index is 8.90. The number of aromatic nitrogens is 1. The number of hydrogen-bond donors (Lipinski definition) is 1. The first kappa shape index (κ1) is 14.2. The van der Waals surface area contributed by atoms with Gasteiger partial charge in [-0.15, -0.1) is 11.3 Å². The van der Waals surface area contributed by atoms with Gasteiger partial charge >= 0.3 is 0 Å². The van der Waals surface area contributed by atoms with Crippen molar-refractivity contribution in [2.24, 2.45) is 0 Å². The van der Waals surface area contributed by atoms with Gasteiger partial charge in [-0.1, -0.05) is 0 Å². The van der Waals surface area contributed by atoms with Crippen LogP contribution in [0, 0.1) is 0 Å². The van der Waals surface area contributed by atoms with E-state index in [1.807, 2.05) is 0 Å². The van der Waals surface area contributed by atoms with E-state index in [2.05, 4.69) is 27.1 Å². The number of aliphatic hydroxyl groups is 1. The third-order valence-electron chi connectivity index (χ3n) is 3.60. The minimum absolute atomic E-state index is 0.303. The van der Waals surface area contributed by atoms with Gasteiger partial charge in [0.1, 0.15) is 5.01 Å². The number of thiophene rings is 1. The average Bonchev–Trinajstić information content (AvgIpc) is 2.97. The van der Waals surface area contributed by atoms with Gasteiger partial charge in [0.05, 0.1) is 5.69 Å². The van der Waals surface area contributed by atoms with Crippen LogP contribution in [-0.4, -0.2) is 34.2 Å². The Kier molecular flexibility index (Phi) is 4.83. The summed E-state index contributed by atoms with van der Waals surface area (Å²) in [5, 5.41) is 16.5. The highest BCUT2D eigenvalue weighted by Gasteiger charge is 2.28. The molecule has 1 N–H and O–H groups in total. The van der Waals surface area contributed by atoms with Gasteiger partial charge in [-0.3, -0.25) is 4.90 Å². The molecule has 20 heavy (non-hydrogen) atoms. The van der Waals surface area contributed by atoms with E-state index in [1.54, 1.807) is 22.7 Å². The molecule has 1 aliphatic carbocycles. The molecule has 2 heterocycles. The Morgan fingerprint density at radius 3 is 2.90 bits per heavy atom. The van der Waals surface area contributed by atoms with Crippen LogP contribution in [-0.2, 0) is 6.54 Å². The molecule has 0 spiro atoms. The minimum Gasteiger partial charge on any atom is -0.396 e. The first-order valence-electron chi connectivity index (χ1n) is 7.18. The molecular formula is C15H20N2OS2. The maximum Gasteiger partial charge on any atom is 0.124 e. The van der Waals surface area contributed by atoms with E-state index >= 15 is 0 Å². The topological polar surface area (TPSA) is 36.4 Å².